The molecule has 6 heteroatoms. The fourth-order valence-electron chi connectivity index (χ4n) is 3.20. The fraction of sp³-hybridized carbons (Fsp3) is 0.389. The quantitative estimate of drug-likeness (QED) is 0.756. The molecule has 0 aliphatic carbocycles. The highest BCUT2D eigenvalue weighted by atomic mass is 16.1. The Bertz CT molecular complexity index is 857. The van der Waals surface area contributed by atoms with Crippen molar-refractivity contribution in [1.82, 2.24) is 25.1 Å². The van der Waals surface area contributed by atoms with Gasteiger partial charge in [-0.15, -0.1) is 0 Å². The molecule has 2 heterocycles. The smallest absolute Gasteiger partial charge is 0.227 e. The zero-order valence-corrected chi connectivity index (χ0v) is 14.6. The summed E-state index contributed by atoms with van der Waals surface area (Å²) in [5.41, 5.74) is 4.91. The van der Waals surface area contributed by atoms with Crippen LogP contribution >= 0.6 is 0 Å². The average molecular weight is 325 g/mol. The molecular weight excluding hydrogens is 302 g/mol. The second kappa shape index (κ2) is 6.47. The minimum absolute atomic E-state index is 0.0152. The summed E-state index contributed by atoms with van der Waals surface area (Å²) in [4.78, 5) is 17.0. The first-order valence-electron chi connectivity index (χ1n) is 8.18. The van der Waals surface area contributed by atoms with E-state index in [2.05, 4.69) is 31.1 Å². The topological polar surface area (TPSA) is 75.6 Å². The van der Waals surface area contributed by atoms with E-state index in [-0.39, 0.29) is 11.8 Å². The van der Waals surface area contributed by atoms with Crippen LogP contribution in [0.4, 0.5) is 0 Å². The van der Waals surface area contributed by atoms with Crippen LogP contribution in [0.3, 0.4) is 0 Å². The summed E-state index contributed by atoms with van der Waals surface area (Å²) in [5.74, 6) is 0.769. The number of aromatic amines is 1. The van der Waals surface area contributed by atoms with E-state index >= 15 is 0 Å². The molecular formula is C18H23N5O. The van der Waals surface area contributed by atoms with Crippen LogP contribution in [0.1, 0.15) is 35.6 Å². The van der Waals surface area contributed by atoms with Gasteiger partial charge in [-0.2, -0.15) is 5.10 Å². The van der Waals surface area contributed by atoms with E-state index in [0.29, 0.717) is 13.0 Å². The number of imidazole rings is 1. The van der Waals surface area contributed by atoms with Crippen molar-refractivity contribution in [3.8, 4) is 0 Å². The average Bonchev–Trinajstić information content (AvgIpc) is 3.07. The van der Waals surface area contributed by atoms with Crippen molar-refractivity contribution >= 4 is 16.9 Å². The van der Waals surface area contributed by atoms with Gasteiger partial charge in [-0.1, -0.05) is 12.1 Å². The molecule has 1 atom stereocenters. The highest BCUT2D eigenvalue weighted by molar-refractivity contribution is 5.83. The first-order valence-corrected chi connectivity index (χ1v) is 8.18. The Morgan fingerprint density at radius 1 is 1.33 bits per heavy atom. The van der Waals surface area contributed by atoms with Crippen LogP contribution in [-0.4, -0.2) is 32.2 Å². The van der Waals surface area contributed by atoms with Crippen molar-refractivity contribution in [2.75, 3.05) is 6.54 Å². The first kappa shape index (κ1) is 16.2. The summed E-state index contributed by atoms with van der Waals surface area (Å²) < 4.78 is 2.08. The first-order chi connectivity index (χ1) is 11.5. The molecule has 0 aliphatic rings. The summed E-state index contributed by atoms with van der Waals surface area (Å²) in [7, 11) is 2.01. The molecule has 0 saturated heterocycles. The predicted molar refractivity (Wildman–Crippen MR) is 93.9 cm³/mol. The van der Waals surface area contributed by atoms with Gasteiger partial charge in [0.25, 0.3) is 0 Å². The van der Waals surface area contributed by atoms with Crippen molar-refractivity contribution in [1.29, 1.82) is 0 Å². The van der Waals surface area contributed by atoms with E-state index < -0.39 is 0 Å². The van der Waals surface area contributed by atoms with Gasteiger partial charge in [-0.05, 0) is 32.9 Å². The molecule has 6 nitrogen and oxygen atoms in total. The van der Waals surface area contributed by atoms with Gasteiger partial charge in [-0.25, -0.2) is 4.98 Å². The molecule has 3 rings (SSSR count). The second-order valence-corrected chi connectivity index (χ2v) is 6.19. The Hall–Kier alpha value is -2.63. The molecule has 2 N–H and O–H groups in total. The molecule has 126 valence electrons. The van der Waals surface area contributed by atoms with E-state index in [1.54, 1.807) is 0 Å². The summed E-state index contributed by atoms with van der Waals surface area (Å²) in [6, 6.07) is 8.05. The number of nitrogens with zero attached hydrogens (tertiary/aromatic N) is 3. The largest absolute Gasteiger partial charge is 0.355 e. The molecule has 24 heavy (non-hydrogen) atoms. The molecule has 0 spiro atoms. The number of hydrogen-bond acceptors (Lipinski definition) is 3. The van der Waals surface area contributed by atoms with Gasteiger partial charge in [0.15, 0.2) is 0 Å². The van der Waals surface area contributed by atoms with Crippen LogP contribution in [0.15, 0.2) is 24.3 Å². The lowest BCUT2D eigenvalue weighted by Gasteiger charge is -2.12. The van der Waals surface area contributed by atoms with E-state index in [1.165, 1.54) is 0 Å². The maximum Gasteiger partial charge on any atom is 0.227 e. The van der Waals surface area contributed by atoms with E-state index in [1.807, 2.05) is 46.0 Å². The number of aromatic nitrogens is 4. The van der Waals surface area contributed by atoms with Crippen LogP contribution in [0.5, 0.6) is 0 Å². The maximum atomic E-state index is 12.4. The van der Waals surface area contributed by atoms with Gasteiger partial charge in [0.05, 0.1) is 22.6 Å². The number of amides is 1. The number of rotatable bonds is 5. The van der Waals surface area contributed by atoms with Crippen molar-refractivity contribution in [3.05, 3.63) is 47.0 Å². The second-order valence-electron chi connectivity index (χ2n) is 6.19. The number of para-hydroxylation sites is 2. The Kier molecular flexibility index (Phi) is 4.38. The van der Waals surface area contributed by atoms with Crippen LogP contribution in [0, 0.1) is 13.8 Å². The lowest BCUT2D eigenvalue weighted by molar-refractivity contribution is -0.122. The van der Waals surface area contributed by atoms with E-state index in [9.17, 15) is 4.79 Å². The summed E-state index contributed by atoms with van der Waals surface area (Å²) in [6.07, 6.45) is 0.701. The van der Waals surface area contributed by atoms with Gasteiger partial charge >= 0.3 is 0 Å². The Labute approximate surface area is 141 Å². The molecule has 0 bridgehead atoms. The van der Waals surface area contributed by atoms with Crippen LogP contribution in [0.25, 0.3) is 11.0 Å². The Morgan fingerprint density at radius 3 is 2.75 bits per heavy atom. The normalized spacial score (nSPS) is 12.5. The molecule has 0 unspecified atom stereocenters. The minimum atomic E-state index is -0.218. The highest BCUT2D eigenvalue weighted by Gasteiger charge is 2.21. The molecule has 1 aromatic carbocycles. The van der Waals surface area contributed by atoms with Crippen molar-refractivity contribution in [2.24, 2.45) is 7.05 Å². The highest BCUT2D eigenvalue weighted by Crippen LogP contribution is 2.21. The predicted octanol–water partition coefficient (Wildman–Crippen LogP) is 2.38. The van der Waals surface area contributed by atoms with E-state index in [0.717, 1.165) is 33.8 Å². The minimum Gasteiger partial charge on any atom is -0.355 e. The third-order valence-corrected chi connectivity index (χ3v) is 4.54. The Balaban J connectivity index is 1.63. The molecule has 0 radical (unpaired) electrons. The molecule has 3 aromatic rings. The monoisotopic (exact) mass is 325 g/mol. The Morgan fingerprint density at radius 2 is 2.08 bits per heavy atom. The summed E-state index contributed by atoms with van der Waals surface area (Å²) in [5, 5.41) is 10.1. The number of benzene rings is 1. The molecule has 0 saturated carbocycles. The summed E-state index contributed by atoms with van der Waals surface area (Å²) in [6.45, 7) is 6.34. The van der Waals surface area contributed by atoms with Gasteiger partial charge in [0, 0.05) is 31.3 Å². The third-order valence-electron chi connectivity index (χ3n) is 4.54. The SMILES string of the molecule is Cc1n[nH]c(C)c1[C@@H](C)C(=O)NCCc1nc2ccccc2n1C. The molecule has 0 fully saturated rings. The van der Waals surface area contributed by atoms with Crippen molar-refractivity contribution in [3.63, 3.8) is 0 Å². The molecule has 2 aromatic heterocycles. The third kappa shape index (κ3) is 2.91. The lowest BCUT2D eigenvalue weighted by Crippen LogP contribution is -2.30. The lowest BCUT2D eigenvalue weighted by atomic mass is 9.98. The van der Waals surface area contributed by atoms with Crippen molar-refractivity contribution in [2.45, 2.75) is 33.1 Å². The number of carbonyl (C=O) groups is 1. The van der Waals surface area contributed by atoms with Gasteiger partial charge < -0.3 is 9.88 Å². The molecule has 1 amide bonds. The van der Waals surface area contributed by atoms with Crippen LogP contribution in [-0.2, 0) is 18.3 Å². The number of H-pyrrole nitrogens is 1. The van der Waals surface area contributed by atoms with Gasteiger partial charge in [0.1, 0.15) is 5.82 Å². The molecule has 0 aliphatic heterocycles. The fourth-order valence-corrected chi connectivity index (χ4v) is 3.20. The number of fused-ring (bicyclic) bond motifs is 1. The van der Waals surface area contributed by atoms with Crippen LogP contribution < -0.4 is 5.32 Å². The van der Waals surface area contributed by atoms with Gasteiger partial charge in [-0.3, -0.25) is 9.89 Å². The maximum absolute atomic E-state index is 12.4. The standard InChI is InChI=1S/C18H23N5O/c1-11(17-12(2)21-22-13(17)3)18(24)19-10-9-16-20-14-7-5-6-8-15(14)23(16)4/h5-8,11H,9-10H2,1-4H3,(H,19,24)(H,21,22)/t11-/m1/s1. The number of carbonyl (C=O) groups excluding carboxylic acids is 1. The van der Waals surface area contributed by atoms with Crippen LogP contribution in [0.2, 0.25) is 0 Å². The summed E-state index contributed by atoms with van der Waals surface area (Å²) >= 11 is 0. The van der Waals surface area contributed by atoms with Gasteiger partial charge in [0.2, 0.25) is 5.91 Å². The zero-order chi connectivity index (χ0) is 17.3. The zero-order valence-electron chi connectivity index (χ0n) is 14.6. The van der Waals surface area contributed by atoms with Crippen molar-refractivity contribution < 1.29 is 4.79 Å². The number of aryl methyl sites for hydroxylation is 3. The van der Waals surface area contributed by atoms with E-state index in [4.69, 9.17) is 0 Å². The number of hydrogen-bond donors (Lipinski definition) is 2. The number of nitrogens with one attached hydrogen (secondary N) is 2.